The summed E-state index contributed by atoms with van der Waals surface area (Å²) < 4.78 is 1.22. The number of thiocarbonyl (C=S) groups is 1. The Balaban J connectivity index is 1.49. The Morgan fingerprint density at radius 1 is 0.963 bits per heavy atom. The average molecular weight is 407 g/mol. The highest BCUT2D eigenvalue weighted by atomic mass is 32.2. The third kappa shape index (κ3) is 3.47. The largest absolute Gasteiger partial charge is 0.122 e. The molecule has 0 aliphatic heterocycles. The van der Waals surface area contributed by atoms with E-state index in [4.69, 9.17) is 12.2 Å². The van der Waals surface area contributed by atoms with Gasteiger partial charge >= 0.3 is 0 Å². The molecule has 0 N–H and O–H groups in total. The van der Waals surface area contributed by atoms with E-state index in [1.165, 1.54) is 62.0 Å². The predicted molar refractivity (Wildman–Crippen MR) is 124 cm³/mol. The molecule has 0 spiro atoms. The van der Waals surface area contributed by atoms with E-state index >= 15 is 0 Å². The second-order valence-corrected chi connectivity index (χ2v) is 12.9. The predicted octanol–water partition coefficient (Wildman–Crippen LogP) is 8.14. The van der Waals surface area contributed by atoms with Gasteiger partial charge in [0.1, 0.15) is 0 Å². The van der Waals surface area contributed by atoms with Crippen molar-refractivity contribution in [3.63, 3.8) is 0 Å². The smallest absolute Gasteiger partial charge is 0.0475 e. The molecule has 4 aliphatic rings. The molecule has 0 nitrogen and oxygen atoms in total. The molecule has 8 atom stereocenters. The normalized spacial score (nSPS) is 47.6. The molecule has 1 unspecified atom stereocenters. The summed E-state index contributed by atoms with van der Waals surface area (Å²) in [5.41, 5.74) is 1.32. The number of thioether (sulfide) groups is 1. The molecular formula is C25H42S2. The van der Waals surface area contributed by atoms with Crippen LogP contribution in [0, 0.1) is 46.3 Å². The minimum absolute atomic E-state index is 0.624. The van der Waals surface area contributed by atoms with Crippen molar-refractivity contribution in [3.8, 4) is 0 Å². The third-order valence-electron chi connectivity index (χ3n) is 10.4. The highest BCUT2D eigenvalue weighted by Gasteiger charge is 2.59. The molecule has 0 aromatic heterocycles. The number of fused-ring (bicyclic) bond motifs is 5. The Kier molecular flexibility index (Phi) is 6.08. The molecule has 0 aromatic carbocycles. The summed E-state index contributed by atoms with van der Waals surface area (Å²) in [5, 5.41) is 0. The maximum absolute atomic E-state index is 5.50. The fourth-order valence-electron chi connectivity index (χ4n) is 8.92. The van der Waals surface area contributed by atoms with Crippen molar-refractivity contribution in [3.05, 3.63) is 0 Å². The maximum Gasteiger partial charge on any atom is 0.0475 e. The summed E-state index contributed by atoms with van der Waals surface area (Å²) >= 11 is 7.28. The van der Waals surface area contributed by atoms with E-state index in [0.717, 1.165) is 41.9 Å². The summed E-state index contributed by atoms with van der Waals surface area (Å²) in [5.74, 6) is 5.98. The molecular weight excluding hydrogens is 364 g/mol. The quantitative estimate of drug-likeness (QED) is 0.432. The molecule has 4 aliphatic carbocycles. The van der Waals surface area contributed by atoms with Crippen molar-refractivity contribution in [2.75, 3.05) is 6.26 Å². The van der Waals surface area contributed by atoms with Crippen LogP contribution in [-0.4, -0.2) is 10.5 Å². The maximum atomic E-state index is 5.50. The molecule has 0 saturated heterocycles. The highest BCUT2D eigenvalue weighted by Crippen LogP contribution is 2.68. The minimum Gasteiger partial charge on any atom is -0.122 e. The highest BCUT2D eigenvalue weighted by molar-refractivity contribution is 8.22. The van der Waals surface area contributed by atoms with Gasteiger partial charge in [0, 0.05) is 4.20 Å². The van der Waals surface area contributed by atoms with Crippen LogP contribution in [0.1, 0.15) is 97.8 Å². The van der Waals surface area contributed by atoms with E-state index in [0.29, 0.717) is 10.8 Å². The van der Waals surface area contributed by atoms with Crippen LogP contribution in [0.4, 0.5) is 0 Å². The lowest BCUT2D eigenvalue weighted by Gasteiger charge is -2.61. The molecule has 0 heterocycles. The van der Waals surface area contributed by atoms with Gasteiger partial charge in [-0.25, -0.2) is 0 Å². The van der Waals surface area contributed by atoms with E-state index in [-0.39, 0.29) is 0 Å². The zero-order valence-electron chi connectivity index (χ0n) is 18.3. The van der Waals surface area contributed by atoms with Gasteiger partial charge in [-0.3, -0.25) is 0 Å². The van der Waals surface area contributed by atoms with Crippen LogP contribution in [0.2, 0.25) is 0 Å². The van der Waals surface area contributed by atoms with Gasteiger partial charge in [-0.15, -0.1) is 11.8 Å². The zero-order valence-corrected chi connectivity index (χ0v) is 19.9. The van der Waals surface area contributed by atoms with E-state index in [1.807, 2.05) is 0 Å². The van der Waals surface area contributed by atoms with Gasteiger partial charge in [-0.1, -0.05) is 45.8 Å². The van der Waals surface area contributed by atoms with Gasteiger partial charge in [0.15, 0.2) is 0 Å². The monoisotopic (exact) mass is 406 g/mol. The Labute approximate surface area is 178 Å². The van der Waals surface area contributed by atoms with E-state index in [2.05, 4.69) is 27.0 Å². The van der Waals surface area contributed by atoms with Crippen molar-refractivity contribution in [1.29, 1.82) is 0 Å². The van der Waals surface area contributed by atoms with Crippen LogP contribution in [0.15, 0.2) is 0 Å². The molecule has 4 rings (SSSR count). The second-order valence-electron chi connectivity index (χ2n) is 11.2. The van der Waals surface area contributed by atoms with Crippen LogP contribution in [0.3, 0.4) is 0 Å². The molecule has 0 bridgehead atoms. The van der Waals surface area contributed by atoms with Crippen LogP contribution in [0.5, 0.6) is 0 Å². The summed E-state index contributed by atoms with van der Waals surface area (Å²) in [7, 11) is 0. The first-order chi connectivity index (χ1) is 12.9. The van der Waals surface area contributed by atoms with E-state index in [9.17, 15) is 0 Å². The third-order valence-corrected chi connectivity index (χ3v) is 11.7. The van der Waals surface area contributed by atoms with Crippen LogP contribution in [0.25, 0.3) is 0 Å². The van der Waals surface area contributed by atoms with Gasteiger partial charge in [-0.05, 0) is 117 Å². The Morgan fingerprint density at radius 2 is 1.74 bits per heavy atom. The fourth-order valence-corrected chi connectivity index (χ4v) is 9.36. The Hall–Kier alpha value is 0.440. The standard InChI is InChI=1S/C25H42S2/c1-17(8-13-23(26)27-4)20-11-12-21-19-10-9-18-7-5-6-15-24(18,2)22(19)14-16-25(20,21)3/h17-22H,5-16H2,1-4H3/t17-,18?,19+,20-,21+,22+,24+,25-/m1/s1. The molecule has 4 fully saturated rings. The number of rotatable bonds is 4. The molecule has 27 heavy (non-hydrogen) atoms. The average Bonchev–Trinajstić information content (AvgIpc) is 3.02. The zero-order chi connectivity index (χ0) is 19.2. The van der Waals surface area contributed by atoms with E-state index < -0.39 is 0 Å². The lowest BCUT2D eigenvalue weighted by atomic mass is 9.44. The first kappa shape index (κ1) is 20.7. The summed E-state index contributed by atoms with van der Waals surface area (Å²) in [6.07, 6.45) is 19.9. The van der Waals surface area contributed by atoms with Gasteiger partial charge in [-0.2, -0.15) is 0 Å². The van der Waals surface area contributed by atoms with Crippen molar-refractivity contribution >= 4 is 28.2 Å². The van der Waals surface area contributed by atoms with Crippen molar-refractivity contribution in [1.82, 2.24) is 0 Å². The van der Waals surface area contributed by atoms with Crippen molar-refractivity contribution in [2.24, 2.45) is 46.3 Å². The fraction of sp³-hybridized carbons (Fsp3) is 0.960. The molecule has 2 heteroatoms. The number of hydrogen-bond donors (Lipinski definition) is 0. The van der Waals surface area contributed by atoms with Crippen molar-refractivity contribution in [2.45, 2.75) is 97.8 Å². The second kappa shape index (κ2) is 7.93. The molecule has 0 aromatic rings. The molecule has 0 amide bonds. The van der Waals surface area contributed by atoms with Gasteiger partial charge in [0.2, 0.25) is 0 Å². The molecule has 0 radical (unpaired) electrons. The lowest BCUT2D eigenvalue weighted by Crippen LogP contribution is -2.53. The van der Waals surface area contributed by atoms with Crippen molar-refractivity contribution < 1.29 is 0 Å². The first-order valence-corrected chi connectivity index (χ1v) is 13.6. The number of hydrogen-bond acceptors (Lipinski definition) is 2. The van der Waals surface area contributed by atoms with Gasteiger partial charge < -0.3 is 0 Å². The van der Waals surface area contributed by atoms with E-state index in [1.54, 1.807) is 24.6 Å². The van der Waals surface area contributed by atoms with Crippen LogP contribution < -0.4 is 0 Å². The first-order valence-electron chi connectivity index (χ1n) is 12.0. The van der Waals surface area contributed by atoms with Crippen LogP contribution in [-0.2, 0) is 0 Å². The van der Waals surface area contributed by atoms with Crippen LogP contribution >= 0.6 is 24.0 Å². The SMILES string of the molecule is CSC(=S)CC[C@@H](C)[C@H]1CC[C@H]2[C@@H]3CCC4CCCC[C@]4(C)[C@H]3CC[C@]12C. The Morgan fingerprint density at radius 3 is 2.52 bits per heavy atom. The van der Waals surface area contributed by atoms with Gasteiger partial charge in [0.25, 0.3) is 0 Å². The topological polar surface area (TPSA) is 0 Å². The summed E-state index contributed by atoms with van der Waals surface area (Å²) in [6, 6.07) is 0. The lowest BCUT2D eigenvalue weighted by molar-refractivity contribution is -0.114. The van der Waals surface area contributed by atoms with Gasteiger partial charge in [0.05, 0.1) is 0 Å². The molecule has 4 saturated carbocycles. The Bertz CT molecular complexity index is 557. The minimum atomic E-state index is 0.624. The summed E-state index contributed by atoms with van der Waals surface area (Å²) in [4.78, 5) is 0. The summed E-state index contributed by atoms with van der Waals surface area (Å²) in [6.45, 7) is 7.98. The molecule has 154 valence electrons.